The van der Waals surface area contributed by atoms with Crippen molar-refractivity contribution in [3.63, 3.8) is 0 Å². The number of rotatable bonds is 2. The monoisotopic (exact) mass is 306 g/mol. The van der Waals surface area contributed by atoms with Gasteiger partial charge < -0.3 is 16.6 Å². The van der Waals surface area contributed by atoms with E-state index in [9.17, 15) is 4.79 Å². The molecule has 0 aliphatic carbocycles. The first-order valence-electron chi connectivity index (χ1n) is 3.97. The quantitative estimate of drug-likeness (QED) is 0.567. The number of aliphatic carboxylic acids is 1. The zero-order chi connectivity index (χ0) is 10.9. The second kappa shape index (κ2) is 4.14. The number of carboxylic acid groups (broad SMARTS) is 1. The minimum absolute atomic E-state index is 0.459. The molecule has 1 aromatic rings. The third-order valence-corrected chi connectivity index (χ3v) is 2.61. The lowest BCUT2D eigenvalue weighted by Gasteiger charge is -2.12. The van der Waals surface area contributed by atoms with Crippen LogP contribution in [-0.4, -0.2) is 11.1 Å². The van der Waals surface area contributed by atoms with Crippen LogP contribution in [0.3, 0.4) is 0 Å². The summed E-state index contributed by atoms with van der Waals surface area (Å²) in [7, 11) is 0. The SMILES string of the molecule is Cc1cc(I)cc(C(N)C(=O)O)c1N. The van der Waals surface area contributed by atoms with E-state index in [0.717, 1.165) is 9.13 Å². The van der Waals surface area contributed by atoms with Crippen molar-refractivity contribution in [1.82, 2.24) is 0 Å². The average molecular weight is 306 g/mol. The molecule has 0 aliphatic rings. The van der Waals surface area contributed by atoms with Crippen molar-refractivity contribution in [2.75, 3.05) is 5.73 Å². The summed E-state index contributed by atoms with van der Waals surface area (Å²) in [6.45, 7) is 1.83. The van der Waals surface area contributed by atoms with Crippen LogP contribution < -0.4 is 11.5 Å². The van der Waals surface area contributed by atoms with Crippen molar-refractivity contribution in [1.29, 1.82) is 0 Å². The number of nitrogens with two attached hydrogens (primary N) is 2. The van der Waals surface area contributed by atoms with E-state index in [4.69, 9.17) is 16.6 Å². The van der Waals surface area contributed by atoms with Gasteiger partial charge in [0.1, 0.15) is 6.04 Å². The van der Waals surface area contributed by atoms with Crippen LogP contribution in [0.4, 0.5) is 5.69 Å². The van der Waals surface area contributed by atoms with E-state index >= 15 is 0 Å². The molecule has 0 saturated carbocycles. The first-order chi connectivity index (χ1) is 6.43. The molecule has 0 aromatic heterocycles. The smallest absolute Gasteiger partial charge is 0.325 e. The maximum atomic E-state index is 10.7. The van der Waals surface area contributed by atoms with E-state index in [1.807, 2.05) is 13.0 Å². The van der Waals surface area contributed by atoms with Crippen LogP contribution in [0, 0.1) is 10.5 Å². The summed E-state index contributed by atoms with van der Waals surface area (Å²) in [6, 6.07) is 2.53. The highest BCUT2D eigenvalue weighted by Crippen LogP contribution is 2.25. The third-order valence-electron chi connectivity index (χ3n) is 1.98. The number of hydrogen-bond acceptors (Lipinski definition) is 3. The fourth-order valence-corrected chi connectivity index (χ4v) is 1.97. The molecule has 0 radical (unpaired) electrons. The Bertz CT molecular complexity index is 379. The lowest BCUT2D eigenvalue weighted by Crippen LogP contribution is -2.22. The van der Waals surface area contributed by atoms with Crippen molar-refractivity contribution >= 4 is 34.2 Å². The minimum Gasteiger partial charge on any atom is -0.480 e. The molecule has 1 aromatic carbocycles. The highest BCUT2D eigenvalue weighted by molar-refractivity contribution is 14.1. The van der Waals surface area contributed by atoms with Crippen molar-refractivity contribution in [3.8, 4) is 0 Å². The highest BCUT2D eigenvalue weighted by atomic mass is 127. The van der Waals surface area contributed by atoms with Gasteiger partial charge in [0.2, 0.25) is 0 Å². The Labute approximate surface area is 95.4 Å². The van der Waals surface area contributed by atoms with Gasteiger partial charge in [-0.15, -0.1) is 0 Å². The molecular formula is C9H11IN2O2. The second-order valence-corrected chi connectivity index (χ2v) is 4.29. The van der Waals surface area contributed by atoms with Crippen LogP contribution in [0.15, 0.2) is 12.1 Å². The summed E-state index contributed by atoms with van der Waals surface area (Å²) in [5, 5.41) is 8.76. The van der Waals surface area contributed by atoms with Gasteiger partial charge in [-0.3, -0.25) is 4.79 Å². The Kier molecular flexibility index (Phi) is 3.33. The average Bonchev–Trinajstić information content (AvgIpc) is 2.09. The zero-order valence-corrected chi connectivity index (χ0v) is 9.78. The number of nitrogen functional groups attached to an aromatic ring is 1. The molecule has 1 rings (SSSR count). The van der Waals surface area contributed by atoms with E-state index in [0.29, 0.717) is 11.3 Å². The third kappa shape index (κ3) is 2.16. The first kappa shape index (κ1) is 11.3. The second-order valence-electron chi connectivity index (χ2n) is 3.04. The van der Waals surface area contributed by atoms with Crippen LogP contribution in [0.1, 0.15) is 17.2 Å². The van der Waals surface area contributed by atoms with Gasteiger partial charge in [0.05, 0.1) is 0 Å². The minimum atomic E-state index is -1.07. The summed E-state index contributed by atoms with van der Waals surface area (Å²) < 4.78 is 0.931. The van der Waals surface area contributed by atoms with Crippen molar-refractivity contribution in [2.24, 2.45) is 5.73 Å². The molecular weight excluding hydrogens is 295 g/mol. The molecule has 5 heteroatoms. The molecule has 5 N–H and O–H groups in total. The fourth-order valence-electron chi connectivity index (χ4n) is 1.17. The molecule has 4 nitrogen and oxygen atoms in total. The van der Waals surface area contributed by atoms with Gasteiger partial charge in [0.25, 0.3) is 0 Å². The van der Waals surface area contributed by atoms with Gasteiger partial charge >= 0.3 is 5.97 Å². The summed E-state index contributed by atoms with van der Waals surface area (Å²) in [5.41, 5.74) is 13.0. The number of hydrogen-bond donors (Lipinski definition) is 3. The van der Waals surface area contributed by atoms with Gasteiger partial charge in [0, 0.05) is 14.8 Å². The summed E-state index contributed by atoms with van der Waals surface area (Å²) in [4.78, 5) is 10.7. The lowest BCUT2D eigenvalue weighted by molar-refractivity contribution is -0.138. The van der Waals surface area contributed by atoms with Crippen LogP contribution in [0.2, 0.25) is 0 Å². The number of benzene rings is 1. The molecule has 0 heterocycles. The van der Waals surface area contributed by atoms with Crippen LogP contribution in [0.25, 0.3) is 0 Å². The number of aryl methyl sites for hydroxylation is 1. The standard InChI is InChI=1S/C9H11IN2O2/c1-4-2-5(10)3-6(7(4)11)8(12)9(13)14/h2-3,8H,11-12H2,1H3,(H,13,14). The molecule has 76 valence electrons. The van der Waals surface area contributed by atoms with Gasteiger partial charge in [-0.1, -0.05) is 0 Å². The molecule has 0 amide bonds. The highest BCUT2D eigenvalue weighted by Gasteiger charge is 2.18. The number of anilines is 1. The normalized spacial score (nSPS) is 12.5. The largest absolute Gasteiger partial charge is 0.480 e. The van der Waals surface area contributed by atoms with E-state index in [2.05, 4.69) is 22.6 Å². The molecule has 14 heavy (non-hydrogen) atoms. The van der Waals surface area contributed by atoms with Gasteiger partial charge in [-0.05, 0) is 47.2 Å². The number of halogens is 1. The topological polar surface area (TPSA) is 89.3 Å². The van der Waals surface area contributed by atoms with Crippen LogP contribution >= 0.6 is 22.6 Å². The molecule has 0 bridgehead atoms. The molecule has 0 fully saturated rings. The van der Waals surface area contributed by atoms with Gasteiger partial charge in [-0.2, -0.15) is 0 Å². The van der Waals surface area contributed by atoms with E-state index in [1.165, 1.54) is 0 Å². The lowest BCUT2D eigenvalue weighted by atomic mass is 10.0. The molecule has 1 atom stereocenters. The molecule has 0 spiro atoms. The van der Waals surface area contributed by atoms with E-state index < -0.39 is 12.0 Å². The van der Waals surface area contributed by atoms with Crippen LogP contribution in [0.5, 0.6) is 0 Å². The molecule has 1 unspecified atom stereocenters. The van der Waals surface area contributed by atoms with Crippen LogP contribution in [-0.2, 0) is 4.79 Å². The Morgan fingerprint density at radius 1 is 1.57 bits per heavy atom. The van der Waals surface area contributed by atoms with Crippen molar-refractivity contribution in [3.05, 3.63) is 26.8 Å². The Balaban J connectivity index is 3.26. The fraction of sp³-hybridized carbons (Fsp3) is 0.222. The predicted molar refractivity (Wildman–Crippen MR) is 62.9 cm³/mol. The summed E-state index contributed by atoms with van der Waals surface area (Å²) >= 11 is 2.10. The van der Waals surface area contributed by atoms with E-state index in [-0.39, 0.29) is 0 Å². The Morgan fingerprint density at radius 3 is 2.64 bits per heavy atom. The number of carbonyl (C=O) groups is 1. The summed E-state index contributed by atoms with van der Waals surface area (Å²) in [6.07, 6.45) is 0. The maximum Gasteiger partial charge on any atom is 0.325 e. The molecule has 0 saturated heterocycles. The van der Waals surface area contributed by atoms with Gasteiger partial charge in [-0.25, -0.2) is 0 Å². The maximum absolute atomic E-state index is 10.7. The van der Waals surface area contributed by atoms with Gasteiger partial charge in [0.15, 0.2) is 0 Å². The Hall–Kier alpha value is -0.820. The first-order valence-corrected chi connectivity index (χ1v) is 5.05. The van der Waals surface area contributed by atoms with Crippen molar-refractivity contribution in [2.45, 2.75) is 13.0 Å². The predicted octanol–water partition coefficient (Wildman–Crippen LogP) is 1.27. The zero-order valence-electron chi connectivity index (χ0n) is 7.62. The number of carboxylic acids is 1. The molecule has 0 aliphatic heterocycles. The summed E-state index contributed by atoms with van der Waals surface area (Å²) in [5.74, 6) is -1.07. The Morgan fingerprint density at radius 2 is 2.14 bits per heavy atom. The van der Waals surface area contributed by atoms with E-state index in [1.54, 1.807) is 6.07 Å². The van der Waals surface area contributed by atoms with Crippen molar-refractivity contribution < 1.29 is 9.90 Å².